The summed E-state index contributed by atoms with van der Waals surface area (Å²) in [6.45, 7) is 6.65. The van der Waals surface area contributed by atoms with Gasteiger partial charge in [-0.25, -0.2) is 9.76 Å². The summed E-state index contributed by atoms with van der Waals surface area (Å²) in [5.74, 6) is 2.76. The van der Waals surface area contributed by atoms with Crippen molar-refractivity contribution in [1.29, 1.82) is 0 Å². The van der Waals surface area contributed by atoms with Crippen molar-refractivity contribution in [2.45, 2.75) is 83.3 Å². The molecule has 4 aliphatic carbocycles. The zero-order chi connectivity index (χ0) is 23.5. The first kappa shape index (κ1) is 25.1. The van der Waals surface area contributed by atoms with Gasteiger partial charge >= 0.3 is 7.67 Å². The van der Waals surface area contributed by atoms with E-state index in [4.69, 9.17) is 27.7 Å². The van der Waals surface area contributed by atoms with E-state index in [0.717, 1.165) is 51.4 Å². The molecule has 1 saturated heterocycles. The van der Waals surface area contributed by atoms with Gasteiger partial charge in [-0.05, 0) is 81.0 Å². The summed E-state index contributed by atoms with van der Waals surface area (Å²) in [5.41, 5.74) is 1.45. The standard InChI is InChI=1S/C25H41Cl2N2O3P/c1-23-8-5-19(30)17-18(23)3-4-20-21(23)6-9-24(2)22(20)7-10-25(24)11-14-28-33(31,32-25)29(15-12-26)16-13-27/h3,19-22,30H,4-17H2,1-2H3,(H,28,31)/t19-,20+,21-,22-,23-,24-,25+,33?/m0/s1. The summed E-state index contributed by atoms with van der Waals surface area (Å²) in [4.78, 5) is 0. The molecule has 0 amide bonds. The van der Waals surface area contributed by atoms with Crippen LogP contribution in [0.3, 0.4) is 0 Å². The lowest BCUT2D eigenvalue weighted by Crippen LogP contribution is -2.58. The van der Waals surface area contributed by atoms with E-state index in [0.29, 0.717) is 49.1 Å². The van der Waals surface area contributed by atoms with E-state index in [2.05, 4.69) is 25.0 Å². The molecule has 5 rings (SSSR count). The molecule has 8 atom stereocenters. The number of aliphatic hydroxyl groups excluding tert-OH is 1. The Balaban J connectivity index is 1.43. The summed E-state index contributed by atoms with van der Waals surface area (Å²) in [5, 5.41) is 13.5. The Labute approximate surface area is 209 Å². The molecule has 1 heterocycles. The van der Waals surface area contributed by atoms with E-state index < -0.39 is 7.67 Å². The first-order valence-corrected chi connectivity index (χ1v) is 15.7. The molecular weight excluding hydrogens is 478 g/mol. The topological polar surface area (TPSA) is 61.8 Å². The third-order valence-electron chi connectivity index (χ3n) is 10.6. The van der Waals surface area contributed by atoms with Crippen LogP contribution >= 0.6 is 30.9 Å². The molecule has 3 saturated carbocycles. The average Bonchev–Trinajstić information content (AvgIpc) is 3.05. The molecule has 0 aromatic heterocycles. The molecule has 0 bridgehead atoms. The fraction of sp³-hybridized carbons (Fsp3) is 0.920. The highest BCUT2D eigenvalue weighted by atomic mass is 35.5. The van der Waals surface area contributed by atoms with Gasteiger partial charge < -0.3 is 5.11 Å². The van der Waals surface area contributed by atoms with Crippen LogP contribution in [0.25, 0.3) is 0 Å². The highest BCUT2D eigenvalue weighted by Gasteiger charge is 2.66. The van der Waals surface area contributed by atoms with E-state index in [9.17, 15) is 9.67 Å². The van der Waals surface area contributed by atoms with Gasteiger partial charge in [0.25, 0.3) is 0 Å². The number of aliphatic hydroxyl groups is 1. The normalized spacial score (nSPS) is 49.5. The van der Waals surface area contributed by atoms with Gasteiger partial charge in [-0.15, -0.1) is 23.2 Å². The van der Waals surface area contributed by atoms with Gasteiger partial charge in [-0.2, -0.15) is 0 Å². The Morgan fingerprint density at radius 3 is 2.58 bits per heavy atom. The monoisotopic (exact) mass is 518 g/mol. The van der Waals surface area contributed by atoms with E-state index in [1.807, 2.05) is 4.67 Å². The molecule has 0 aromatic rings. The lowest BCUT2D eigenvalue weighted by molar-refractivity contribution is -0.121. The van der Waals surface area contributed by atoms with Crippen molar-refractivity contribution in [3.63, 3.8) is 0 Å². The fourth-order valence-electron chi connectivity index (χ4n) is 8.74. The van der Waals surface area contributed by atoms with Crippen molar-refractivity contribution in [2.75, 3.05) is 31.4 Å². The Bertz CT molecular complexity index is 836. The summed E-state index contributed by atoms with van der Waals surface area (Å²) < 4.78 is 22.7. The molecule has 0 aromatic carbocycles. The molecule has 5 aliphatic rings. The molecule has 1 unspecified atom stereocenters. The maximum atomic E-state index is 14.1. The van der Waals surface area contributed by atoms with E-state index in [1.54, 1.807) is 0 Å². The summed E-state index contributed by atoms with van der Waals surface area (Å²) in [6.07, 6.45) is 11.8. The zero-order valence-electron chi connectivity index (χ0n) is 20.2. The van der Waals surface area contributed by atoms with Crippen molar-refractivity contribution in [3.05, 3.63) is 11.6 Å². The fourth-order valence-corrected chi connectivity index (χ4v) is 11.7. The number of hydrogen-bond donors (Lipinski definition) is 2. The first-order valence-electron chi connectivity index (χ1n) is 13.0. The Morgan fingerprint density at radius 1 is 1.12 bits per heavy atom. The lowest BCUT2D eigenvalue weighted by Gasteiger charge is -2.60. The molecule has 8 heteroatoms. The lowest BCUT2D eigenvalue weighted by atomic mass is 9.47. The summed E-state index contributed by atoms with van der Waals surface area (Å²) >= 11 is 12.1. The van der Waals surface area contributed by atoms with Gasteiger partial charge in [0.1, 0.15) is 0 Å². The van der Waals surface area contributed by atoms with E-state index in [1.165, 1.54) is 12.0 Å². The molecule has 33 heavy (non-hydrogen) atoms. The maximum Gasteiger partial charge on any atom is 0.344 e. The van der Waals surface area contributed by atoms with Crippen LogP contribution in [0.5, 0.6) is 0 Å². The number of nitrogens with one attached hydrogen (secondary N) is 1. The molecule has 4 fully saturated rings. The molecule has 1 aliphatic heterocycles. The van der Waals surface area contributed by atoms with Crippen molar-refractivity contribution in [2.24, 2.45) is 28.6 Å². The van der Waals surface area contributed by atoms with Crippen LogP contribution in [0.1, 0.15) is 71.6 Å². The van der Waals surface area contributed by atoms with Gasteiger partial charge in [-0.3, -0.25) is 9.09 Å². The third-order valence-corrected chi connectivity index (χ3v) is 13.3. The minimum Gasteiger partial charge on any atom is -0.393 e. The predicted octanol–water partition coefficient (Wildman–Crippen LogP) is 5.95. The number of fused-ring (bicyclic) bond motifs is 6. The van der Waals surface area contributed by atoms with E-state index in [-0.39, 0.29) is 22.5 Å². The van der Waals surface area contributed by atoms with Crippen LogP contribution in [-0.2, 0) is 9.09 Å². The SMILES string of the molecule is C[C@]12CC[C@H](O)CC1=CC[C@@H]1[C@@H]2CC[C@@]2(C)[C@H]1CC[C@@]21CCNP(=O)(N(CCCl)CCCl)O1. The minimum absolute atomic E-state index is 0.0371. The number of allylic oxidation sites excluding steroid dienone is 1. The van der Waals surface area contributed by atoms with Crippen molar-refractivity contribution >= 4 is 30.9 Å². The predicted molar refractivity (Wildman–Crippen MR) is 135 cm³/mol. The van der Waals surface area contributed by atoms with Crippen molar-refractivity contribution in [3.8, 4) is 0 Å². The summed E-state index contributed by atoms with van der Waals surface area (Å²) in [6, 6.07) is 0. The molecule has 188 valence electrons. The Kier molecular flexibility index (Phi) is 6.87. The number of rotatable bonds is 5. The third kappa shape index (κ3) is 3.83. The molecular formula is C25H41Cl2N2O3P. The second-order valence-electron chi connectivity index (χ2n) is 11.7. The van der Waals surface area contributed by atoms with Crippen LogP contribution in [0.15, 0.2) is 11.6 Å². The number of halogens is 2. The minimum atomic E-state index is -3.18. The number of hydrogen-bond acceptors (Lipinski definition) is 3. The molecule has 2 N–H and O–H groups in total. The molecule has 5 nitrogen and oxygen atoms in total. The summed E-state index contributed by atoms with van der Waals surface area (Å²) in [7, 11) is -3.18. The van der Waals surface area contributed by atoms with Crippen LogP contribution in [0.4, 0.5) is 0 Å². The zero-order valence-corrected chi connectivity index (χ0v) is 22.6. The highest BCUT2D eigenvalue weighted by Crippen LogP contribution is 2.71. The van der Waals surface area contributed by atoms with Crippen LogP contribution < -0.4 is 5.09 Å². The van der Waals surface area contributed by atoms with Crippen molar-refractivity contribution < 1.29 is 14.2 Å². The number of alkyl halides is 2. The Hall–Kier alpha value is 0.390. The smallest absolute Gasteiger partial charge is 0.344 e. The van der Waals surface area contributed by atoms with Gasteiger partial charge in [0.15, 0.2) is 0 Å². The average molecular weight is 519 g/mol. The largest absolute Gasteiger partial charge is 0.393 e. The van der Waals surface area contributed by atoms with Gasteiger partial charge in [0.05, 0.1) is 11.7 Å². The second kappa shape index (κ2) is 9.05. The van der Waals surface area contributed by atoms with Crippen molar-refractivity contribution in [1.82, 2.24) is 9.76 Å². The van der Waals surface area contributed by atoms with E-state index >= 15 is 0 Å². The van der Waals surface area contributed by atoms with Gasteiger partial charge in [0, 0.05) is 36.8 Å². The molecule has 1 spiro atoms. The van der Waals surface area contributed by atoms with Gasteiger partial charge in [0.2, 0.25) is 0 Å². The quantitative estimate of drug-likeness (QED) is 0.267. The second-order valence-corrected chi connectivity index (χ2v) is 14.6. The van der Waals surface area contributed by atoms with Crippen LogP contribution in [0, 0.1) is 28.6 Å². The maximum absolute atomic E-state index is 14.1. The van der Waals surface area contributed by atoms with Gasteiger partial charge in [-0.1, -0.05) is 25.5 Å². The number of nitrogens with zero attached hydrogens (tertiary/aromatic N) is 1. The van der Waals surface area contributed by atoms with Crippen LogP contribution in [-0.4, -0.2) is 52.9 Å². The first-order chi connectivity index (χ1) is 15.7. The molecule has 0 radical (unpaired) electrons. The highest BCUT2D eigenvalue weighted by molar-refractivity contribution is 7.54. The van der Waals surface area contributed by atoms with Crippen LogP contribution in [0.2, 0.25) is 0 Å². The Morgan fingerprint density at radius 2 is 1.85 bits per heavy atom.